The number of benzene rings is 1. The molecule has 27 heavy (non-hydrogen) atoms. The van der Waals surface area contributed by atoms with Crippen LogP contribution in [0.3, 0.4) is 0 Å². The minimum absolute atomic E-state index is 0.193. The molecule has 2 aromatic heterocycles. The number of pyridine rings is 2. The number of methoxy groups -OCH3 is 1. The second-order valence-electron chi connectivity index (χ2n) is 6.77. The SMILES string of the molecule is CNC(=O)c1cccc(C(C)(C)c2cccc(-c3cc(OC)ccn3)c2)n1. The van der Waals surface area contributed by atoms with Crippen LogP contribution in [0.1, 0.15) is 35.6 Å². The molecule has 3 rings (SSSR count). The van der Waals surface area contributed by atoms with Gasteiger partial charge in [-0.2, -0.15) is 0 Å². The molecule has 138 valence electrons. The summed E-state index contributed by atoms with van der Waals surface area (Å²) in [5.41, 5.74) is 3.80. The lowest BCUT2D eigenvalue weighted by Crippen LogP contribution is -2.24. The molecule has 5 heteroatoms. The first-order chi connectivity index (χ1) is 13.0. The van der Waals surface area contributed by atoms with Gasteiger partial charge in [0.05, 0.1) is 18.5 Å². The lowest BCUT2D eigenvalue weighted by Gasteiger charge is -2.25. The standard InChI is InChI=1S/C22H23N3O2/c1-22(2,20-10-6-9-18(25-20)21(26)23-3)16-8-5-7-15(13-16)19-14-17(27-4)11-12-24-19/h5-14H,1-4H3,(H,23,26). The fourth-order valence-corrected chi connectivity index (χ4v) is 2.95. The zero-order chi connectivity index (χ0) is 19.4. The minimum atomic E-state index is -0.376. The van der Waals surface area contributed by atoms with E-state index in [0.29, 0.717) is 5.69 Å². The van der Waals surface area contributed by atoms with E-state index >= 15 is 0 Å². The van der Waals surface area contributed by atoms with Crippen LogP contribution >= 0.6 is 0 Å². The van der Waals surface area contributed by atoms with E-state index in [4.69, 9.17) is 4.74 Å². The summed E-state index contributed by atoms with van der Waals surface area (Å²) in [4.78, 5) is 21.0. The monoisotopic (exact) mass is 361 g/mol. The van der Waals surface area contributed by atoms with Gasteiger partial charge in [0, 0.05) is 30.3 Å². The Morgan fingerprint density at radius 1 is 1.07 bits per heavy atom. The van der Waals surface area contributed by atoms with E-state index in [9.17, 15) is 4.79 Å². The summed E-state index contributed by atoms with van der Waals surface area (Å²) in [6, 6.07) is 17.5. The van der Waals surface area contributed by atoms with Crippen molar-refractivity contribution in [2.24, 2.45) is 0 Å². The Kier molecular flexibility index (Phi) is 5.21. The summed E-state index contributed by atoms with van der Waals surface area (Å²) in [6.07, 6.45) is 1.74. The molecule has 0 aliphatic rings. The number of rotatable bonds is 5. The topological polar surface area (TPSA) is 64.1 Å². The van der Waals surface area contributed by atoms with Crippen LogP contribution in [0.15, 0.2) is 60.8 Å². The number of hydrogen-bond acceptors (Lipinski definition) is 4. The maximum Gasteiger partial charge on any atom is 0.269 e. The average molecular weight is 361 g/mol. The molecule has 0 atom stereocenters. The van der Waals surface area contributed by atoms with Crippen molar-refractivity contribution in [1.82, 2.24) is 15.3 Å². The third-order valence-corrected chi connectivity index (χ3v) is 4.70. The molecule has 1 N–H and O–H groups in total. The van der Waals surface area contributed by atoms with Crippen LogP contribution in [-0.2, 0) is 5.41 Å². The number of aromatic nitrogens is 2. The maximum atomic E-state index is 11.9. The van der Waals surface area contributed by atoms with Crippen LogP contribution < -0.4 is 10.1 Å². The largest absolute Gasteiger partial charge is 0.497 e. The van der Waals surface area contributed by atoms with Crippen LogP contribution in [-0.4, -0.2) is 30.0 Å². The van der Waals surface area contributed by atoms with E-state index in [2.05, 4.69) is 41.3 Å². The lowest BCUT2D eigenvalue weighted by molar-refractivity contribution is 0.0958. The number of amides is 1. The summed E-state index contributed by atoms with van der Waals surface area (Å²) in [6.45, 7) is 4.20. The number of carbonyl (C=O) groups is 1. The molecule has 0 saturated heterocycles. The maximum absolute atomic E-state index is 11.9. The predicted molar refractivity (Wildman–Crippen MR) is 106 cm³/mol. The van der Waals surface area contributed by atoms with Crippen molar-refractivity contribution < 1.29 is 9.53 Å². The van der Waals surface area contributed by atoms with Gasteiger partial charge in [-0.05, 0) is 29.8 Å². The molecule has 1 amide bonds. The molecule has 0 aliphatic heterocycles. The highest BCUT2D eigenvalue weighted by Crippen LogP contribution is 2.33. The molecule has 0 spiro atoms. The van der Waals surface area contributed by atoms with Crippen molar-refractivity contribution >= 4 is 5.91 Å². The summed E-state index contributed by atoms with van der Waals surface area (Å²) < 4.78 is 5.30. The fraction of sp³-hybridized carbons (Fsp3) is 0.227. The molecule has 0 aliphatic carbocycles. The van der Waals surface area contributed by atoms with Gasteiger partial charge >= 0.3 is 0 Å². The Hall–Kier alpha value is -3.21. The first-order valence-corrected chi connectivity index (χ1v) is 8.76. The fourth-order valence-electron chi connectivity index (χ4n) is 2.95. The van der Waals surface area contributed by atoms with Crippen molar-refractivity contribution in [3.63, 3.8) is 0 Å². The summed E-state index contributed by atoms with van der Waals surface area (Å²) in [7, 11) is 3.25. The second kappa shape index (κ2) is 7.58. The zero-order valence-electron chi connectivity index (χ0n) is 16.0. The molecule has 5 nitrogen and oxygen atoms in total. The highest BCUT2D eigenvalue weighted by molar-refractivity contribution is 5.92. The summed E-state index contributed by atoms with van der Waals surface area (Å²) in [5.74, 6) is 0.576. The summed E-state index contributed by atoms with van der Waals surface area (Å²) >= 11 is 0. The Bertz CT molecular complexity index is 967. The van der Waals surface area contributed by atoms with Gasteiger partial charge in [0.2, 0.25) is 0 Å². The molecule has 3 aromatic rings. The lowest BCUT2D eigenvalue weighted by atomic mass is 9.80. The molecule has 0 unspecified atom stereocenters. The van der Waals surface area contributed by atoms with Crippen molar-refractivity contribution in [2.45, 2.75) is 19.3 Å². The average Bonchev–Trinajstić information content (AvgIpc) is 2.73. The van der Waals surface area contributed by atoms with Gasteiger partial charge in [-0.3, -0.25) is 9.78 Å². The van der Waals surface area contributed by atoms with E-state index in [1.54, 1.807) is 26.4 Å². The number of carbonyl (C=O) groups excluding carboxylic acids is 1. The van der Waals surface area contributed by atoms with Crippen LogP contribution in [0.2, 0.25) is 0 Å². The van der Waals surface area contributed by atoms with Gasteiger partial charge in [-0.15, -0.1) is 0 Å². The Balaban J connectivity index is 2.01. The van der Waals surface area contributed by atoms with Crippen LogP contribution in [0.25, 0.3) is 11.3 Å². The molecule has 1 aromatic carbocycles. The van der Waals surface area contributed by atoms with Gasteiger partial charge in [-0.25, -0.2) is 4.98 Å². The van der Waals surface area contributed by atoms with Crippen molar-refractivity contribution in [3.8, 4) is 17.0 Å². The molecule has 0 radical (unpaired) electrons. The number of nitrogens with one attached hydrogen (secondary N) is 1. The molecule has 2 heterocycles. The molecule has 0 bridgehead atoms. The van der Waals surface area contributed by atoms with E-state index in [0.717, 1.165) is 28.3 Å². The van der Waals surface area contributed by atoms with Gasteiger partial charge < -0.3 is 10.1 Å². The van der Waals surface area contributed by atoms with Crippen molar-refractivity contribution in [3.05, 3.63) is 77.7 Å². The second-order valence-corrected chi connectivity index (χ2v) is 6.77. The van der Waals surface area contributed by atoms with E-state index in [-0.39, 0.29) is 11.3 Å². The van der Waals surface area contributed by atoms with Gasteiger partial charge in [0.25, 0.3) is 5.91 Å². The smallest absolute Gasteiger partial charge is 0.269 e. The van der Waals surface area contributed by atoms with E-state index < -0.39 is 0 Å². The highest BCUT2D eigenvalue weighted by Gasteiger charge is 2.26. The quantitative estimate of drug-likeness (QED) is 0.750. The molecular formula is C22H23N3O2. The number of ether oxygens (including phenoxy) is 1. The van der Waals surface area contributed by atoms with Crippen LogP contribution in [0.4, 0.5) is 0 Å². The van der Waals surface area contributed by atoms with Gasteiger partial charge in [-0.1, -0.05) is 38.1 Å². The first kappa shape index (κ1) is 18.6. The van der Waals surface area contributed by atoms with Crippen LogP contribution in [0.5, 0.6) is 5.75 Å². The summed E-state index contributed by atoms with van der Waals surface area (Å²) in [5, 5.41) is 2.62. The van der Waals surface area contributed by atoms with Crippen LogP contribution in [0, 0.1) is 0 Å². The molecule has 0 saturated carbocycles. The minimum Gasteiger partial charge on any atom is -0.497 e. The normalized spacial score (nSPS) is 11.1. The first-order valence-electron chi connectivity index (χ1n) is 8.76. The number of nitrogens with zero attached hydrogens (tertiary/aromatic N) is 2. The number of hydrogen-bond donors (Lipinski definition) is 1. The Morgan fingerprint density at radius 3 is 2.59 bits per heavy atom. The molecular weight excluding hydrogens is 338 g/mol. The van der Waals surface area contributed by atoms with Gasteiger partial charge in [0.15, 0.2) is 0 Å². The van der Waals surface area contributed by atoms with Gasteiger partial charge in [0.1, 0.15) is 11.4 Å². The zero-order valence-corrected chi connectivity index (χ0v) is 16.0. The third kappa shape index (κ3) is 3.82. The Labute approximate surface area is 159 Å². The van der Waals surface area contributed by atoms with Crippen molar-refractivity contribution in [1.29, 1.82) is 0 Å². The predicted octanol–water partition coefficient (Wildman–Crippen LogP) is 3.84. The third-order valence-electron chi connectivity index (χ3n) is 4.70. The highest BCUT2D eigenvalue weighted by atomic mass is 16.5. The van der Waals surface area contributed by atoms with Crippen molar-refractivity contribution in [2.75, 3.05) is 14.2 Å². The molecule has 0 fully saturated rings. The van der Waals surface area contributed by atoms with E-state index in [1.165, 1.54) is 0 Å². The van der Waals surface area contributed by atoms with E-state index in [1.807, 2.05) is 36.4 Å². The Morgan fingerprint density at radius 2 is 1.85 bits per heavy atom.